The van der Waals surface area contributed by atoms with E-state index in [1.807, 2.05) is 0 Å². The number of aliphatic hydroxyl groups excluding tert-OH is 3. The van der Waals surface area contributed by atoms with E-state index >= 15 is 0 Å². The van der Waals surface area contributed by atoms with Gasteiger partial charge >= 0.3 is 0 Å². The highest BCUT2D eigenvalue weighted by Gasteiger charge is 2.55. The Hall–Kier alpha value is -0.200. The number of rotatable bonds is 0. The first kappa shape index (κ1) is 8.40. The molecule has 5 atom stereocenters. The molecule has 0 aromatic carbocycles. The molecule has 0 radical (unpaired) electrons. The molecule has 0 saturated carbocycles. The van der Waals surface area contributed by atoms with E-state index in [-0.39, 0.29) is 6.04 Å². The van der Waals surface area contributed by atoms with Crippen molar-refractivity contribution >= 4 is 0 Å². The predicted molar refractivity (Wildman–Crippen MR) is 39.1 cm³/mol. The van der Waals surface area contributed by atoms with Gasteiger partial charge in [-0.3, -0.25) is 5.32 Å². The van der Waals surface area contributed by atoms with Crippen LogP contribution in [0.3, 0.4) is 0 Å². The van der Waals surface area contributed by atoms with Gasteiger partial charge in [0.05, 0.1) is 6.10 Å². The van der Waals surface area contributed by atoms with E-state index in [1.54, 1.807) is 0 Å². The summed E-state index contributed by atoms with van der Waals surface area (Å²) >= 11 is 0. The van der Waals surface area contributed by atoms with E-state index in [1.165, 1.54) is 0 Å². The van der Waals surface area contributed by atoms with Gasteiger partial charge in [0.2, 0.25) is 0 Å². The first-order valence-electron chi connectivity index (χ1n) is 4.09. The molecular formula is C7H13NO4. The first-order valence-corrected chi connectivity index (χ1v) is 4.09. The van der Waals surface area contributed by atoms with Crippen molar-refractivity contribution in [2.45, 2.75) is 42.9 Å². The lowest BCUT2D eigenvalue weighted by Crippen LogP contribution is -2.67. The normalized spacial score (nSPS) is 59.0. The molecule has 2 aliphatic rings. The monoisotopic (exact) mass is 175 g/mol. The molecule has 1 unspecified atom stereocenters. The Balaban J connectivity index is 2.25. The Bertz CT molecular complexity index is 200. The zero-order valence-electron chi connectivity index (χ0n) is 6.51. The summed E-state index contributed by atoms with van der Waals surface area (Å²) in [6.45, 7) is 0. The highest BCUT2D eigenvalue weighted by molar-refractivity contribution is 5.07. The van der Waals surface area contributed by atoms with E-state index in [2.05, 4.69) is 5.32 Å². The van der Waals surface area contributed by atoms with E-state index in [0.717, 1.165) is 0 Å². The summed E-state index contributed by atoms with van der Waals surface area (Å²) in [6.07, 6.45) is -2.59. The Morgan fingerprint density at radius 1 is 1.17 bits per heavy atom. The van der Waals surface area contributed by atoms with Crippen LogP contribution in [0.15, 0.2) is 0 Å². The molecule has 0 aromatic rings. The summed E-state index contributed by atoms with van der Waals surface area (Å²) < 4.78 is 0. The van der Waals surface area contributed by atoms with Crippen LogP contribution in [0.25, 0.3) is 0 Å². The zero-order valence-corrected chi connectivity index (χ0v) is 6.51. The molecule has 0 spiro atoms. The maximum absolute atomic E-state index is 9.65. The van der Waals surface area contributed by atoms with Crippen LogP contribution in [0.4, 0.5) is 0 Å². The van der Waals surface area contributed by atoms with Crippen molar-refractivity contribution < 1.29 is 20.4 Å². The van der Waals surface area contributed by atoms with Crippen LogP contribution in [0.2, 0.25) is 0 Å². The fourth-order valence-electron chi connectivity index (χ4n) is 2.04. The maximum atomic E-state index is 9.65. The summed E-state index contributed by atoms with van der Waals surface area (Å²) in [6, 6.07) is -0.298. The Labute approximate surface area is 69.6 Å². The van der Waals surface area contributed by atoms with Gasteiger partial charge in [-0.15, -0.1) is 0 Å². The van der Waals surface area contributed by atoms with Crippen LogP contribution in [0, 0.1) is 0 Å². The SMILES string of the molecule is OC1[C@@H]2CC[C@@](O)(N2)[C@H](O)[C@H]1O. The van der Waals surface area contributed by atoms with E-state index in [0.29, 0.717) is 12.8 Å². The summed E-state index contributed by atoms with van der Waals surface area (Å²) in [4.78, 5) is 0. The van der Waals surface area contributed by atoms with Crippen molar-refractivity contribution in [3.8, 4) is 0 Å². The summed E-state index contributed by atoms with van der Waals surface area (Å²) in [7, 11) is 0. The molecule has 2 aliphatic heterocycles. The smallest absolute Gasteiger partial charge is 0.145 e. The highest BCUT2D eigenvalue weighted by Crippen LogP contribution is 2.34. The fraction of sp³-hybridized carbons (Fsp3) is 1.00. The number of aliphatic hydroxyl groups is 4. The van der Waals surface area contributed by atoms with Gasteiger partial charge < -0.3 is 20.4 Å². The number of hydrogen-bond donors (Lipinski definition) is 5. The van der Waals surface area contributed by atoms with Crippen molar-refractivity contribution in [2.75, 3.05) is 0 Å². The van der Waals surface area contributed by atoms with Crippen molar-refractivity contribution in [1.29, 1.82) is 0 Å². The van der Waals surface area contributed by atoms with Gasteiger partial charge in [-0.1, -0.05) is 0 Å². The Kier molecular flexibility index (Phi) is 1.68. The van der Waals surface area contributed by atoms with Crippen LogP contribution in [-0.2, 0) is 0 Å². The highest BCUT2D eigenvalue weighted by atomic mass is 16.4. The molecule has 70 valence electrons. The molecule has 0 aromatic heterocycles. The minimum atomic E-state index is -1.40. The minimum absolute atomic E-state index is 0.298. The minimum Gasteiger partial charge on any atom is -0.389 e. The van der Waals surface area contributed by atoms with Gasteiger partial charge in [-0.25, -0.2) is 0 Å². The fourth-order valence-corrected chi connectivity index (χ4v) is 2.04. The van der Waals surface area contributed by atoms with Gasteiger partial charge in [0.15, 0.2) is 0 Å². The van der Waals surface area contributed by atoms with Gasteiger partial charge in [-0.05, 0) is 12.8 Å². The third-order valence-corrected chi connectivity index (χ3v) is 2.85. The third kappa shape index (κ3) is 0.915. The average Bonchev–Trinajstić information content (AvgIpc) is 2.41. The summed E-state index contributed by atoms with van der Waals surface area (Å²) in [5.41, 5.74) is -1.40. The van der Waals surface area contributed by atoms with Crippen LogP contribution in [0.5, 0.6) is 0 Å². The van der Waals surface area contributed by atoms with Crippen molar-refractivity contribution in [2.24, 2.45) is 0 Å². The Morgan fingerprint density at radius 3 is 2.50 bits per heavy atom. The van der Waals surface area contributed by atoms with E-state index in [4.69, 9.17) is 0 Å². The number of hydrogen-bond acceptors (Lipinski definition) is 5. The summed E-state index contributed by atoms with van der Waals surface area (Å²) in [5, 5.41) is 40.4. The van der Waals surface area contributed by atoms with Gasteiger partial charge in [0, 0.05) is 6.04 Å². The number of piperidine rings is 1. The molecule has 2 bridgehead atoms. The summed E-state index contributed by atoms with van der Waals surface area (Å²) in [5.74, 6) is 0. The van der Waals surface area contributed by atoms with Crippen molar-refractivity contribution in [3.05, 3.63) is 0 Å². The topological polar surface area (TPSA) is 93.0 Å². The second-order valence-electron chi connectivity index (χ2n) is 3.64. The second kappa shape index (κ2) is 2.40. The lowest BCUT2D eigenvalue weighted by atomic mass is 9.94. The molecule has 2 saturated heterocycles. The molecular weight excluding hydrogens is 162 g/mol. The van der Waals surface area contributed by atoms with Gasteiger partial charge in [0.25, 0.3) is 0 Å². The van der Waals surface area contributed by atoms with Gasteiger partial charge in [0.1, 0.15) is 17.9 Å². The molecule has 5 nitrogen and oxygen atoms in total. The van der Waals surface area contributed by atoms with Crippen LogP contribution >= 0.6 is 0 Å². The standard InChI is InChI=1S/C7H13NO4/c9-4-3-1-2-7(12,8-3)6(11)5(4)10/h3-6,8-12H,1-2H2/t3-,4?,5-,6+,7-/m0/s1. The first-order chi connectivity index (χ1) is 5.54. The molecule has 0 amide bonds. The van der Waals surface area contributed by atoms with Crippen LogP contribution in [-0.4, -0.2) is 50.5 Å². The maximum Gasteiger partial charge on any atom is 0.145 e. The molecule has 12 heavy (non-hydrogen) atoms. The second-order valence-corrected chi connectivity index (χ2v) is 3.64. The molecule has 0 aliphatic carbocycles. The largest absolute Gasteiger partial charge is 0.389 e. The van der Waals surface area contributed by atoms with Crippen LogP contribution in [0.1, 0.15) is 12.8 Å². The van der Waals surface area contributed by atoms with Crippen molar-refractivity contribution in [1.82, 2.24) is 5.32 Å². The predicted octanol–water partition coefficient (Wildman–Crippen LogP) is -2.48. The molecule has 2 fully saturated rings. The van der Waals surface area contributed by atoms with Gasteiger partial charge in [-0.2, -0.15) is 0 Å². The van der Waals surface area contributed by atoms with E-state index in [9.17, 15) is 20.4 Å². The van der Waals surface area contributed by atoms with Crippen molar-refractivity contribution in [3.63, 3.8) is 0 Å². The lowest BCUT2D eigenvalue weighted by molar-refractivity contribution is -0.186. The molecule has 5 N–H and O–H groups in total. The quantitative estimate of drug-likeness (QED) is 0.281. The third-order valence-electron chi connectivity index (χ3n) is 2.85. The van der Waals surface area contributed by atoms with Crippen LogP contribution < -0.4 is 5.32 Å². The number of nitrogens with one attached hydrogen (secondary N) is 1. The Morgan fingerprint density at radius 2 is 1.83 bits per heavy atom. The lowest BCUT2D eigenvalue weighted by Gasteiger charge is -2.40. The molecule has 5 heteroatoms. The zero-order chi connectivity index (χ0) is 8.93. The average molecular weight is 175 g/mol. The van der Waals surface area contributed by atoms with E-state index < -0.39 is 24.0 Å². The molecule has 2 heterocycles. The number of fused-ring (bicyclic) bond motifs is 2. The molecule has 2 rings (SSSR count).